The Kier molecular flexibility index (Phi) is 10.6. The van der Waals surface area contributed by atoms with Gasteiger partial charge in [-0.25, -0.2) is 4.99 Å². The van der Waals surface area contributed by atoms with Gasteiger partial charge in [0.15, 0.2) is 17.5 Å². The van der Waals surface area contributed by atoms with E-state index in [0.29, 0.717) is 43.6 Å². The lowest BCUT2D eigenvalue weighted by atomic mass is 10.1. The SMILES string of the molecule is CCNC(=NCc1cccc(CN2CCCC2=O)c1)Nc1ccc(OCC)c(OC)c1.I. The van der Waals surface area contributed by atoms with Crippen molar-refractivity contribution in [1.82, 2.24) is 10.2 Å². The van der Waals surface area contributed by atoms with Gasteiger partial charge in [-0.3, -0.25) is 4.79 Å². The van der Waals surface area contributed by atoms with Gasteiger partial charge in [0.2, 0.25) is 5.91 Å². The van der Waals surface area contributed by atoms with Crippen LogP contribution in [0, 0.1) is 0 Å². The van der Waals surface area contributed by atoms with Gasteiger partial charge >= 0.3 is 0 Å². The molecule has 1 heterocycles. The molecule has 1 amide bonds. The molecular weight excluding hydrogens is 519 g/mol. The summed E-state index contributed by atoms with van der Waals surface area (Å²) in [5.41, 5.74) is 3.10. The molecule has 0 aliphatic carbocycles. The van der Waals surface area contributed by atoms with Crippen LogP contribution in [-0.4, -0.2) is 43.6 Å². The largest absolute Gasteiger partial charge is 0.493 e. The molecule has 0 aromatic heterocycles. The number of hydrogen-bond donors (Lipinski definition) is 2. The van der Waals surface area contributed by atoms with Gasteiger partial charge in [0.1, 0.15) is 0 Å². The van der Waals surface area contributed by atoms with Crippen molar-refractivity contribution in [2.45, 2.75) is 39.8 Å². The lowest BCUT2D eigenvalue weighted by Crippen LogP contribution is -2.30. The normalized spacial score (nSPS) is 13.5. The van der Waals surface area contributed by atoms with E-state index in [0.717, 1.165) is 36.3 Å². The van der Waals surface area contributed by atoms with Crippen LogP contribution in [0.2, 0.25) is 0 Å². The molecule has 2 aromatic carbocycles. The van der Waals surface area contributed by atoms with Crippen LogP contribution in [0.3, 0.4) is 0 Å². The Morgan fingerprint density at radius 3 is 2.62 bits per heavy atom. The minimum atomic E-state index is 0. The van der Waals surface area contributed by atoms with Crippen molar-refractivity contribution < 1.29 is 14.3 Å². The quantitative estimate of drug-likeness (QED) is 0.274. The van der Waals surface area contributed by atoms with Crippen LogP contribution in [0.4, 0.5) is 5.69 Å². The zero-order chi connectivity index (χ0) is 22.1. The van der Waals surface area contributed by atoms with Crippen LogP contribution >= 0.6 is 24.0 Å². The van der Waals surface area contributed by atoms with E-state index in [1.54, 1.807) is 7.11 Å². The van der Waals surface area contributed by atoms with E-state index in [-0.39, 0.29) is 29.9 Å². The van der Waals surface area contributed by atoms with Gasteiger partial charge in [0.05, 0.1) is 20.3 Å². The number of aliphatic imine (C=N–C) groups is 1. The van der Waals surface area contributed by atoms with Gasteiger partial charge in [-0.05, 0) is 43.5 Å². The lowest BCUT2D eigenvalue weighted by molar-refractivity contribution is -0.128. The van der Waals surface area contributed by atoms with Crippen molar-refractivity contribution in [3.05, 3.63) is 53.6 Å². The Morgan fingerprint density at radius 2 is 1.94 bits per heavy atom. The monoisotopic (exact) mass is 552 g/mol. The molecule has 8 heteroatoms. The van der Waals surface area contributed by atoms with E-state index in [1.807, 2.05) is 43.0 Å². The number of halogens is 1. The first-order chi connectivity index (χ1) is 15.1. The lowest BCUT2D eigenvalue weighted by Gasteiger charge is -2.16. The second kappa shape index (κ2) is 13.1. The van der Waals surface area contributed by atoms with Crippen LogP contribution < -0.4 is 20.1 Å². The second-order valence-corrected chi connectivity index (χ2v) is 7.36. The van der Waals surface area contributed by atoms with Crippen molar-refractivity contribution in [2.24, 2.45) is 4.99 Å². The molecule has 0 bridgehead atoms. The zero-order valence-electron chi connectivity index (χ0n) is 19.0. The molecule has 3 rings (SSSR count). The summed E-state index contributed by atoms with van der Waals surface area (Å²) in [6.07, 6.45) is 1.62. The number of guanidine groups is 1. The smallest absolute Gasteiger partial charge is 0.222 e. The molecule has 2 aromatic rings. The molecular formula is C24H33IN4O3. The van der Waals surface area contributed by atoms with E-state index in [1.165, 1.54) is 0 Å². The third-order valence-corrected chi connectivity index (χ3v) is 5.03. The highest BCUT2D eigenvalue weighted by Crippen LogP contribution is 2.30. The van der Waals surface area contributed by atoms with E-state index < -0.39 is 0 Å². The highest BCUT2D eigenvalue weighted by molar-refractivity contribution is 14.0. The summed E-state index contributed by atoms with van der Waals surface area (Å²) >= 11 is 0. The Bertz CT molecular complexity index is 920. The number of methoxy groups -OCH3 is 1. The molecule has 1 aliphatic heterocycles. The standard InChI is InChI=1S/C24H32N4O3.HI/c1-4-25-24(27-20-11-12-21(31-5-2)22(15-20)30-3)26-16-18-8-6-9-19(14-18)17-28-13-7-10-23(28)29;/h6,8-9,11-12,14-15H,4-5,7,10,13,16-17H2,1-3H3,(H2,25,26,27);1H. The molecule has 0 atom stereocenters. The van der Waals surface area contributed by atoms with Gasteiger partial charge in [-0.2, -0.15) is 0 Å². The fraction of sp³-hybridized carbons (Fsp3) is 0.417. The van der Waals surface area contributed by atoms with Gasteiger partial charge in [0, 0.05) is 37.8 Å². The predicted octanol–water partition coefficient (Wildman–Crippen LogP) is 4.41. The Balaban J connectivity index is 0.00000363. The van der Waals surface area contributed by atoms with E-state index >= 15 is 0 Å². The van der Waals surface area contributed by atoms with Crippen LogP contribution in [0.25, 0.3) is 0 Å². The average molecular weight is 552 g/mol. The second-order valence-electron chi connectivity index (χ2n) is 7.36. The minimum Gasteiger partial charge on any atom is -0.493 e. The van der Waals surface area contributed by atoms with E-state index in [9.17, 15) is 4.79 Å². The number of nitrogens with one attached hydrogen (secondary N) is 2. The first-order valence-corrected chi connectivity index (χ1v) is 10.8. The number of rotatable bonds is 9. The van der Waals surface area contributed by atoms with E-state index in [2.05, 4.69) is 28.8 Å². The fourth-order valence-corrected chi connectivity index (χ4v) is 3.55. The summed E-state index contributed by atoms with van der Waals surface area (Å²) in [6, 6.07) is 14.0. The first-order valence-electron chi connectivity index (χ1n) is 10.8. The fourth-order valence-electron chi connectivity index (χ4n) is 3.55. The van der Waals surface area contributed by atoms with E-state index in [4.69, 9.17) is 14.5 Å². The molecule has 0 saturated carbocycles. The highest BCUT2D eigenvalue weighted by atomic mass is 127. The predicted molar refractivity (Wildman–Crippen MR) is 139 cm³/mol. The molecule has 1 aliphatic rings. The third kappa shape index (κ3) is 7.29. The maximum Gasteiger partial charge on any atom is 0.222 e. The molecule has 0 unspecified atom stereocenters. The molecule has 174 valence electrons. The number of carbonyl (C=O) groups excluding carboxylic acids is 1. The maximum absolute atomic E-state index is 11.9. The van der Waals surface area contributed by atoms with Gasteiger partial charge in [-0.1, -0.05) is 24.3 Å². The van der Waals surface area contributed by atoms with Crippen molar-refractivity contribution in [3.8, 4) is 11.5 Å². The number of likely N-dealkylation sites (tertiary alicyclic amines) is 1. The van der Waals surface area contributed by atoms with Crippen LogP contribution in [0.15, 0.2) is 47.5 Å². The first kappa shape index (κ1) is 25.8. The van der Waals surface area contributed by atoms with Gasteiger partial charge in [-0.15, -0.1) is 24.0 Å². The topological polar surface area (TPSA) is 75.2 Å². The third-order valence-electron chi connectivity index (χ3n) is 5.03. The molecule has 0 radical (unpaired) electrons. The maximum atomic E-state index is 11.9. The molecule has 7 nitrogen and oxygen atoms in total. The number of anilines is 1. The molecule has 32 heavy (non-hydrogen) atoms. The summed E-state index contributed by atoms with van der Waals surface area (Å²) in [4.78, 5) is 18.5. The average Bonchev–Trinajstić information content (AvgIpc) is 3.18. The summed E-state index contributed by atoms with van der Waals surface area (Å²) in [5.74, 6) is 2.32. The summed E-state index contributed by atoms with van der Waals surface area (Å²) in [7, 11) is 1.63. The zero-order valence-corrected chi connectivity index (χ0v) is 21.3. The number of hydrogen-bond acceptors (Lipinski definition) is 4. The number of ether oxygens (including phenoxy) is 2. The minimum absolute atomic E-state index is 0. The summed E-state index contributed by atoms with van der Waals surface area (Å²) in [6.45, 7) is 7.35. The van der Waals surface area contributed by atoms with Crippen molar-refractivity contribution in [3.63, 3.8) is 0 Å². The van der Waals surface area contributed by atoms with Crippen molar-refractivity contribution >= 4 is 41.5 Å². The Labute approximate surface area is 207 Å². The van der Waals surface area contributed by atoms with Crippen LogP contribution in [0.1, 0.15) is 37.8 Å². The number of nitrogens with zero attached hydrogens (tertiary/aromatic N) is 2. The van der Waals surface area contributed by atoms with Gasteiger partial charge in [0.25, 0.3) is 0 Å². The van der Waals surface area contributed by atoms with Crippen molar-refractivity contribution in [1.29, 1.82) is 0 Å². The Morgan fingerprint density at radius 1 is 1.12 bits per heavy atom. The number of benzene rings is 2. The molecule has 2 N–H and O–H groups in total. The van der Waals surface area contributed by atoms with Crippen LogP contribution in [0.5, 0.6) is 11.5 Å². The van der Waals surface area contributed by atoms with Crippen molar-refractivity contribution in [2.75, 3.05) is 32.1 Å². The highest BCUT2D eigenvalue weighted by Gasteiger charge is 2.19. The molecule has 1 saturated heterocycles. The molecule has 1 fully saturated rings. The van der Waals surface area contributed by atoms with Gasteiger partial charge < -0.3 is 25.0 Å². The molecule has 0 spiro atoms. The number of carbonyl (C=O) groups is 1. The summed E-state index contributed by atoms with van der Waals surface area (Å²) < 4.78 is 11.0. The number of amides is 1. The summed E-state index contributed by atoms with van der Waals surface area (Å²) in [5, 5.41) is 6.60. The van der Waals surface area contributed by atoms with Crippen LogP contribution in [-0.2, 0) is 17.9 Å². The Hall–Kier alpha value is -2.49.